The van der Waals surface area contributed by atoms with Gasteiger partial charge >= 0.3 is 6.09 Å². The van der Waals surface area contributed by atoms with Crippen LogP contribution in [0.1, 0.15) is 44.1 Å². The minimum absolute atomic E-state index is 0.0277. The summed E-state index contributed by atoms with van der Waals surface area (Å²) in [5.74, 6) is -0.107. The molecule has 1 aromatic carbocycles. The summed E-state index contributed by atoms with van der Waals surface area (Å²) in [7, 11) is 0. The van der Waals surface area contributed by atoms with Crippen molar-refractivity contribution < 1.29 is 14.3 Å². The Balaban J connectivity index is 1.51. The van der Waals surface area contributed by atoms with E-state index < -0.39 is 0 Å². The number of carbonyl (C=O) groups excluding carboxylic acids is 2. The zero-order valence-corrected chi connectivity index (χ0v) is 14.5. The predicted octanol–water partition coefficient (Wildman–Crippen LogP) is 2.17. The average Bonchev–Trinajstić information content (AvgIpc) is 3.47. The van der Waals surface area contributed by atoms with Crippen LogP contribution in [0.2, 0.25) is 0 Å². The number of hydrogen-bond acceptors (Lipinski definition) is 4. The van der Waals surface area contributed by atoms with E-state index in [0.29, 0.717) is 12.6 Å². The van der Waals surface area contributed by atoms with Gasteiger partial charge in [0.2, 0.25) is 5.91 Å². The van der Waals surface area contributed by atoms with Crippen LogP contribution in [0, 0.1) is 0 Å². The third kappa shape index (κ3) is 4.95. The highest BCUT2D eigenvalue weighted by atomic mass is 16.6. The zero-order chi connectivity index (χ0) is 17.6. The van der Waals surface area contributed by atoms with Crippen molar-refractivity contribution in [2.75, 3.05) is 6.54 Å². The molecule has 0 spiro atoms. The van der Waals surface area contributed by atoms with Crippen LogP contribution in [0.25, 0.3) is 0 Å². The fraction of sp³-hybridized carbons (Fsp3) is 0.579. The van der Waals surface area contributed by atoms with Crippen molar-refractivity contribution in [3.63, 3.8) is 0 Å². The molecule has 0 saturated heterocycles. The first kappa shape index (κ1) is 17.7. The Bertz CT molecular complexity index is 581. The Morgan fingerprint density at radius 1 is 1.04 bits per heavy atom. The van der Waals surface area contributed by atoms with Crippen LogP contribution < -0.4 is 11.1 Å². The van der Waals surface area contributed by atoms with E-state index in [0.717, 1.165) is 44.1 Å². The van der Waals surface area contributed by atoms with Crippen molar-refractivity contribution in [3.05, 3.63) is 35.9 Å². The summed E-state index contributed by atoms with van der Waals surface area (Å²) < 4.78 is 5.55. The summed E-state index contributed by atoms with van der Waals surface area (Å²) in [6, 6.07) is 10.5. The lowest BCUT2D eigenvalue weighted by atomic mass is 9.90. The average molecular weight is 345 g/mol. The van der Waals surface area contributed by atoms with Crippen molar-refractivity contribution in [2.45, 2.75) is 63.3 Å². The summed E-state index contributed by atoms with van der Waals surface area (Å²) in [4.78, 5) is 26.0. The minimum atomic E-state index is -0.208. The molecule has 2 fully saturated rings. The van der Waals surface area contributed by atoms with Crippen LogP contribution >= 0.6 is 0 Å². The first-order valence-electron chi connectivity index (χ1n) is 9.16. The highest BCUT2D eigenvalue weighted by Crippen LogP contribution is 2.34. The number of hydrogen-bond donors (Lipinski definition) is 2. The highest BCUT2D eigenvalue weighted by Gasteiger charge is 2.39. The van der Waals surface area contributed by atoms with Gasteiger partial charge in [0.1, 0.15) is 6.61 Å². The van der Waals surface area contributed by atoms with Gasteiger partial charge < -0.3 is 20.7 Å². The Morgan fingerprint density at radius 3 is 2.20 bits per heavy atom. The third-order valence-corrected chi connectivity index (χ3v) is 5.00. The minimum Gasteiger partial charge on any atom is -0.445 e. The molecule has 2 saturated carbocycles. The second-order valence-electron chi connectivity index (χ2n) is 6.96. The van der Waals surface area contributed by atoms with Crippen LogP contribution in [0.4, 0.5) is 4.79 Å². The number of carbonyl (C=O) groups is 2. The Hall–Kier alpha value is -2.08. The molecule has 6 heteroatoms. The van der Waals surface area contributed by atoms with Crippen molar-refractivity contribution in [3.8, 4) is 0 Å². The van der Waals surface area contributed by atoms with E-state index in [1.807, 2.05) is 35.2 Å². The second-order valence-corrected chi connectivity index (χ2v) is 6.96. The molecule has 6 nitrogen and oxygen atoms in total. The molecule has 0 unspecified atom stereocenters. The molecule has 2 amide bonds. The monoisotopic (exact) mass is 345 g/mol. The molecule has 0 heterocycles. The number of amides is 2. The lowest BCUT2D eigenvalue weighted by Gasteiger charge is -2.36. The van der Waals surface area contributed by atoms with Gasteiger partial charge in [-0.05, 0) is 44.1 Å². The number of nitrogens with zero attached hydrogens (tertiary/aromatic N) is 1. The Labute approximate surface area is 148 Å². The Kier molecular flexibility index (Phi) is 5.91. The molecular formula is C19H27N3O3. The molecule has 0 aromatic heterocycles. The lowest BCUT2D eigenvalue weighted by molar-refractivity contribution is -0.120. The fourth-order valence-electron chi connectivity index (χ4n) is 3.53. The maximum Gasteiger partial charge on any atom is 0.410 e. The highest BCUT2D eigenvalue weighted by molar-refractivity contribution is 5.78. The van der Waals surface area contributed by atoms with Gasteiger partial charge in [0.25, 0.3) is 0 Å². The molecule has 0 radical (unpaired) electrons. The van der Waals surface area contributed by atoms with E-state index in [2.05, 4.69) is 5.32 Å². The lowest BCUT2D eigenvalue weighted by Crippen LogP contribution is -2.48. The van der Waals surface area contributed by atoms with E-state index in [1.54, 1.807) is 0 Å². The zero-order valence-electron chi connectivity index (χ0n) is 14.5. The van der Waals surface area contributed by atoms with Crippen molar-refractivity contribution in [2.24, 2.45) is 5.73 Å². The smallest absolute Gasteiger partial charge is 0.410 e. The molecule has 3 N–H and O–H groups in total. The van der Waals surface area contributed by atoms with Gasteiger partial charge in [-0.2, -0.15) is 0 Å². The van der Waals surface area contributed by atoms with Gasteiger partial charge in [0.15, 0.2) is 0 Å². The molecule has 25 heavy (non-hydrogen) atoms. The van der Waals surface area contributed by atoms with E-state index in [1.165, 1.54) is 0 Å². The largest absolute Gasteiger partial charge is 0.445 e. The maximum absolute atomic E-state index is 12.6. The molecule has 0 atom stereocenters. The fourth-order valence-corrected chi connectivity index (χ4v) is 3.53. The van der Waals surface area contributed by atoms with Crippen LogP contribution in [0.5, 0.6) is 0 Å². The summed E-state index contributed by atoms with van der Waals surface area (Å²) >= 11 is 0. The topological polar surface area (TPSA) is 84.7 Å². The first-order valence-corrected chi connectivity index (χ1v) is 9.16. The van der Waals surface area contributed by atoms with Gasteiger partial charge in [0, 0.05) is 18.1 Å². The van der Waals surface area contributed by atoms with Crippen LogP contribution in [-0.2, 0) is 16.1 Å². The van der Waals surface area contributed by atoms with Crippen molar-refractivity contribution >= 4 is 12.0 Å². The normalized spacial score (nSPS) is 22.9. The summed E-state index contributed by atoms with van der Waals surface area (Å²) in [5.41, 5.74) is 6.35. The summed E-state index contributed by atoms with van der Waals surface area (Å²) in [6.45, 7) is 0.338. The predicted molar refractivity (Wildman–Crippen MR) is 94.7 cm³/mol. The molecule has 1 aromatic rings. The SMILES string of the molecule is NCC(=O)NC1CCC(N(C(=O)OCc2ccccc2)C2CC2)CC1. The summed E-state index contributed by atoms with van der Waals surface area (Å²) in [5, 5.41) is 2.95. The van der Waals surface area contributed by atoms with E-state index >= 15 is 0 Å². The van der Waals surface area contributed by atoms with Gasteiger partial charge in [-0.25, -0.2) is 4.79 Å². The van der Waals surface area contributed by atoms with Gasteiger partial charge in [-0.3, -0.25) is 4.79 Å². The van der Waals surface area contributed by atoms with Crippen LogP contribution in [0.15, 0.2) is 30.3 Å². The van der Waals surface area contributed by atoms with E-state index in [4.69, 9.17) is 10.5 Å². The molecule has 2 aliphatic rings. The van der Waals surface area contributed by atoms with Crippen LogP contribution in [0.3, 0.4) is 0 Å². The van der Waals surface area contributed by atoms with Crippen molar-refractivity contribution in [1.29, 1.82) is 0 Å². The molecule has 136 valence electrons. The molecular weight excluding hydrogens is 318 g/mol. The first-order chi connectivity index (χ1) is 12.2. The molecule has 0 bridgehead atoms. The van der Waals surface area contributed by atoms with Gasteiger partial charge in [0.05, 0.1) is 6.54 Å². The van der Waals surface area contributed by atoms with E-state index in [9.17, 15) is 9.59 Å². The van der Waals surface area contributed by atoms with Gasteiger partial charge in [-0.15, -0.1) is 0 Å². The van der Waals surface area contributed by atoms with E-state index in [-0.39, 0.29) is 30.6 Å². The molecule has 3 rings (SSSR count). The second kappa shape index (κ2) is 8.34. The number of benzene rings is 1. The number of ether oxygens (including phenoxy) is 1. The van der Waals surface area contributed by atoms with Gasteiger partial charge in [-0.1, -0.05) is 30.3 Å². The molecule has 0 aliphatic heterocycles. The quantitative estimate of drug-likeness (QED) is 0.827. The number of rotatable bonds is 6. The standard InChI is InChI=1S/C19H27N3O3/c20-12-18(23)21-15-6-8-16(9-7-15)22(17-10-11-17)19(24)25-13-14-4-2-1-3-5-14/h1-5,15-17H,6-13,20H2,(H,21,23). The molecule has 2 aliphatic carbocycles. The van der Waals surface area contributed by atoms with Crippen LogP contribution in [-0.4, -0.2) is 41.6 Å². The number of nitrogens with one attached hydrogen (secondary N) is 1. The van der Waals surface area contributed by atoms with Crippen molar-refractivity contribution in [1.82, 2.24) is 10.2 Å². The third-order valence-electron chi connectivity index (χ3n) is 5.00. The maximum atomic E-state index is 12.6. The number of nitrogens with two attached hydrogens (primary N) is 1. The summed E-state index contributed by atoms with van der Waals surface area (Å²) in [6.07, 6.45) is 5.46. The Morgan fingerprint density at radius 2 is 1.64 bits per heavy atom.